The highest BCUT2D eigenvalue weighted by Crippen LogP contribution is 2.24. The zero-order valence-electron chi connectivity index (χ0n) is 13.9. The minimum Gasteiger partial charge on any atom is -0.427 e. The van der Waals surface area contributed by atoms with Gasteiger partial charge in [0.05, 0.1) is 4.90 Å². The van der Waals surface area contributed by atoms with Crippen LogP contribution in [0.5, 0.6) is 0 Å². The zero-order chi connectivity index (χ0) is 18.1. The van der Waals surface area contributed by atoms with Gasteiger partial charge in [-0.2, -0.15) is 0 Å². The summed E-state index contributed by atoms with van der Waals surface area (Å²) >= 11 is 0. The highest BCUT2D eigenvalue weighted by Gasteiger charge is 2.14. The summed E-state index contributed by atoms with van der Waals surface area (Å²) in [7, 11) is -3.30. The molecule has 0 radical (unpaired) electrons. The molecule has 0 saturated carbocycles. The Morgan fingerprint density at radius 2 is 1.75 bits per heavy atom. The Bertz CT molecular complexity index is 979. The van der Waals surface area contributed by atoms with Crippen molar-refractivity contribution in [1.29, 1.82) is 0 Å². The molecule has 0 bridgehead atoms. The zero-order valence-corrected chi connectivity index (χ0v) is 14.7. The molecule has 0 amide bonds. The lowest BCUT2D eigenvalue weighted by atomic mass is 10.0. The van der Waals surface area contributed by atoms with Crippen LogP contribution in [-0.2, 0) is 9.84 Å². The normalized spacial score (nSPS) is 11.7. The second kappa shape index (κ2) is 6.27. The quantitative estimate of drug-likeness (QED) is 0.842. The van der Waals surface area contributed by atoms with Gasteiger partial charge in [0.1, 0.15) is 16.9 Å². The van der Waals surface area contributed by atoms with Crippen molar-refractivity contribution >= 4 is 9.84 Å². The molecular weight excluding hydrogens is 328 g/mol. The van der Waals surface area contributed by atoms with Crippen molar-refractivity contribution in [1.82, 2.24) is 0 Å². The van der Waals surface area contributed by atoms with E-state index in [0.717, 1.165) is 6.26 Å². The summed E-state index contributed by atoms with van der Waals surface area (Å²) in [6.45, 7) is 4.66. The first-order valence-electron chi connectivity index (χ1n) is 7.18. The molecule has 2 aromatic rings. The van der Waals surface area contributed by atoms with Gasteiger partial charge in [-0.25, -0.2) is 13.2 Å². The lowest BCUT2D eigenvalue weighted by Gasteiger charge is -2.08. The van der Waals surface area contributed by atoms with Gasteiger partial charge in [0.25, 0.3) is 0 Å². The predicted octanol–water partition coefficient (Wildman–Crippen LogP) is 2.14. The number of aliphatic hydroxyl groups is 1. The minimum absolute atomic E-state index is 0.120. The number of sulfone groups is 1. The van der Waals surface area contributed by atoms with Gasteiger partial charge in [-0.05, 0) is 44.5 Å². The van der Waals surface area contributed by atoms with Crippen molar-refractivity contribution in [2.45, 2.75) is 31.3 Å². The molecule has 126 valence electrons. The summed E-state index contributed by atoms with van der Waals surface area (Å²) in [5.74, 6) is 5.67. The van der Waals surface area contributed by atoms with Crippen molar-refractivity contribution < 1.29 is 17.9 Å². The summed E-state index contributed by atoms with van der Waals surface area (Å²) < 4.78 is 28.2. The molecule has 1 heterocycles. The fraction of sp³-hybridized carbons (Fsp3) is 0.278. The van der Waals surface area contributed by atoms with Crippen molar-refractivity contribution in [2.75, 3.05) is 6.26 Å². The second-order valence-electron chi connectivity index (χ2n) is 6.04. The van der Waals surface area contributed by atoms with Crippen LogP contribution in [0.1, 0.15) is 25.2 Å². The first-order valence-corrected chi connectivity index (χ1v) is 9.07. The highest BCUT2D eigenvalue weighted by atomic mass is 32.2. The molecule has 0 aliphatic carbocycles. The smallest absolute Gasteiger partial charge is 0.352 e. The molecule has 0 aliphatic heterocycles. The Kier molecular flexibility index (Phi) is 4.70. The van der Waals surface area contributed by atoms with Crippen molar-refractivity contribution in [3.8, 4) is 23.0 Å². The number of aryl methyl sites for hydroxylation is 1. The van der Waals surface area contributed by atoms with E-state index < -0.39 is 21.1 Å². The second-order valence-corrected chi connectivity index (χ2v) is 8.05. The first-order chi connectivity index (χ1) is 11.0. The average molecular weight is 346 g/mol. The van der Waals surface area contributed by atoms with E-state index in [1.165, 1.54) is 26.0 Å². The largest absolute Gasteiger partial charge is 0.427 e. The summed E-state index contributed by atoms with van der Waals surface area (Å²) in [4.78, 5) is 12.3. The van der Waals surface area contributed by atoms with E-state index >= 15 is 0 Å². The molecule has 24 heavy (non-hydrogen) atoms. The van der Waals surface area contributed by atoms with Crippen molar-refractivity contribution in [3.05, 3.63) is 52.1 Å². The van der Waals surface area contributed by atoms with Crippen molar-refractivity contribution in [2.24, 2.45) is 0 Å². The van der Waals surface area contributed by atoms with Crippen LogP contribution in [0.4, 0.5) is 0 Å². The molecule has 0 atom stereocenters. The molecule has 1 aromatic carbocycles. The van der Waals surface area contributed by atoms with Gasteiger partial charge in [0.2, 0.25) is 0 Å². The fourth-order valence-corrected chi connectivity index (χ4v) is 2.69. The van der Waals surface area contributed by atoms with Crippen LogP contribution in [0.15, 0.2) is 44.4 Å². The van der Waals surface area contributed by atoms with Crippen LogP contribution in [-0.4, -0.2) is 25.4 Å². The number of rotatable bonds is 2. The maximum absolute atomic E-state index is 12.1. The van der Waals surface area contributed by atoms with E-state index in [-0.39, 0.29) is 10.5 Å². The van der Waals surface area contributed by atoms with Crippen LogP contribution in [0.3, 0.4) is 0 Å². The molecule has 6 heteroatoms. The molecule has 2 rings (SSSR count). The van der Waals surface area contributed by atoms with Crippen LogP contribution >= 0.6 is 0 Å². The molecular formula is C18H18O5S. The first kappa shape index (κ1) is 18.0. The van der Waals surface area contributed by atoms with Crippen LogP contribution in [0.25, 0.3) is 11.1 Å². The summed E-state index contributed by atoms with van der Waals surface area (Å²) in [5, 5.41) is 9.74. The Hall–Kier alpha value is -2.36. The predicted molar refractivity (Wildman–Crippen MR) is 91.4 cm³/mol. The number of hydrogen-bond donors (Lipinski definition) is 1. The van der Waals surface area contributed by atoms with Gasteiger partial charge in [0, 0.05) is 11.8 Å². The summed E-state index contributed by atoms with van der Waals surface area (Å²) in [6, 6.07) is 7.83. The molecule has 0 spiro atoms. The molecule has 1 aromatic heterocycles. The third kappa shape index (κ3) is 4.34. The van der Waals surface area contributed by atoms with E-state index in [4.69, 9.17) is 4.42 Å². The summed E-state index contributed by atoms with van der Waals surface area (Å²) in [6.07, 6.45) is 1.13. The van der Waals surface area contributed by atoms with Gasteiger partial charge in [-0.3, -0.25) is 0 Å². The summed E-state index contributed by atoms with van der Waals surface area (Å²) in [5.41, 5.74) is -0.572. The molecule has 0 saturated heterocycles. The van der Waals surface area contributed by atoms with E-state index in [0.29, 0.717) is 16.9 Å². The van der Waals surface area contributed by atoms with Crippen LogP contribution < -0.4 is 5.63 Å². The van der Waals surface area contributed by atoms with Crippen molar-refractivity contribution in [3.63, 3.8) is 0 Å². The topological polar surface area (TPSA) is 84.6 Å². The van der Waals surface area contributed by atoms with E-state index in [1.54, 1.807) is 25.1 Å². The third-order valence-electron chi connectivity index (χ3n) is 3.16. The number of hydrogen-bond acceptors (Lipinski definition) is 5. The average Bonchev–Trinajstić information content (AvgIpc) is 2.43. The van der Waals surface area contributed by atoms with Gasteiger partial charge in [-0.1, -0.05) is 24.0 Å². The lowest BCUT2D eigenvalue weighted by Crippen LogP contribution is -2.15. The third-order valence-corrected chi connectivity index (χ3v) is 4.29. The van der Waals surface area contributed by atoms with E-state index in [2.05, 4.69) is 11.8 Å². The standard InChI is InChI=1S/C18H18O5S/c1-12-11-16(13-5-7-14(8-6-13)24(4,21)22)15(17(19)23-12)9-10-18(2,3)20/h5-8,11,20H,1-4H3. The van der Waals surface area contributed by atoms with E-state index in [1.807, 2.05) is 0 Å². The Morgan fingerprint density at radius 3 is 2.25 bits per heavy atom. The fourth-order valence-electron chi connectivity index (χ4n) is 2.06. The minimum atomic E-state index is -3.30. The Balaban J connectivity index is 2.65. The molecule has 0 fully saturated rings. The molecule has 1 N–H and O–H groups in total. The Morgan fingerprint density at radius 1 is 1.17 bits per heavy atom. The number of benzene rings is 1. The SMILES string of the molecule is Cc1cc(-c2ccc(S(C)(=O)=O)cc2)c(C#CC(C)(C)O)c(=O)o1. The van der Waals surface area contributed by atoms with Crippen LogP contribution in [0.2, 0.25) is 0 Å². The van der Waals surface area contributed by atoms with Gasteiger partial charge in [-0.15, -0.1) is 0 Å². The van der Waals surface area contributed by atoms with Gasteiger partial charge in [0.15, 0.2) is 9.84 Å². The van der Waals surface area contributed by atoms with Gasteiger partial charge < -0.3 is 9.52 Å². The lowest BCUT2D eigenvalue weighted by molar-refractivity contribution is 0.143. The highest BCUT2D eigenvalue weighted by molar-refractivity contribution is 7.90. The molecule has 0 unspecified atom stereocenters. The monoisotopic (exact) mass is 346 g/mol. The molecule has 5 nitrogen and oxygen atoms in total. The molecule has 0 aliphatic rings. The maximum atomic E-state index is 12.1. The maximum Gasteiger partial charge on any atom is 0.352 e. The van der Waals surface area contributed by atoms with Crippen LogP contribution in [0, 0.1) is 18.8 Å². The van der Waals surface area contributed by atoms with Gasteiger partial charge >= 0.3 is 5.63 Å². The van der Waals surface area contributed by atoms with E-state index in [9.17, 15) is 18.3 Å². The Labute approximate surface area is 140 Å².